The van der Waals surface area contributed by atoms with Crippen LogP contribution < -0.4 is 10.6 Å². The molecule has 2 N–H and O–H groups in total. The van der Waals surface area contributed by atoms with Crippen molar-refractivity contribution in [3.63, 3.8) is 0 Å². The van der Waals surface area contributed by atoms with E-state index in [0.717, 1.165) is 25.4 Å². The van der Waals surface area contributed by atoms with E-state index in [4.69, 9.17) is 0 Å². The molecule has 2 aliphatic rings. The fourth-order valence-electron chi connectivity index (χ4n) is 3.11. The Labute approximate surface area is 105 Å². The number of carbonyl (C=O) groups is 1. The van der Waals surface area contributed by atoms with Crippen molar-refractivity contribution < 1.29 is 4.79 Å². The van der Waals surface area contributed by atoms with Crippen LogP contribution in [0.2, 0.25) is 0 Å². The van der Waals surface area contributed by atoms with E-state index in [1.54, 1.807) is 0 Å². The Morgan fingerprint density at radius 2 is 1.88 bits per heavy atom. The molecule has 0 radical (unpaired) electrons. The zero-order chi connectivity index (χ0) is 11.9. The summed E-state index contributed by atoms with van der Waals surface area (Å²) >= 11 is 0. The Morgan fingerprint density at radius 3 is 2.59 bits per heavy atom. The zero-order valence-electron chi connectivity index (χ0n) is 10.8. The average Bonchev–Trinajstić information content (AvgIpc) is 2.83. The van der Waals surface area contributed by atoms with Gasteiger partial charge in [-0.1, -0.05) is 32.1 Å². The van der Waals surface area contributed by atoms with E-state index in [2.05, 4.69) is 10.6 Å². The van der Waals surface area contributed by atoms with Crippen LogP contribution in [0.25, 0.3) is 0 Å². The fourth-order valence-corrected chi connectivity index (χ4v) is 3.11. The third kappa shape index (κ3) is 4.66. The first-order valence-corrected chi connectivity index (χ1v) is 7.34. The van der Waals surface area contributed by atoms with Gasteiger partial charge in [0.2, 0.25) is 5.91 Å². The van der Waals surface area contributed by atoms with Gasteiger partial charge in [-0.15, -0.1) is 0 Å². The molecule has 1 unspecified atom stereocenters. The lowest BCUT2D eigenvalue weighted by Gasteiger charge is -2.22. The third-order valence-corrected chi connectivity index (χ3v) is 4.19. The van der Waals surface area contributed by atoms with Gasteiger partial charge in [0, 0.05) is 19.0 Å². The fraction of sp³-hybridized carbons (Fsp3) is 0.929. The normalized spacial score (nSPS) is 26.0. The monoisotopic (exact) mass is 238 g/mol. The Morgan fingerprint density at radius 1 is 1.12 bits per heavy atom. The molecule has 3 heteroatoms. The summed E-state index contributed by atoms with van der Waals surface area (Å²) in [5.41, 5.74) is 0. The second kappa shape index (κ2) is 7.00. The summed E-state index contributed by atoms with van der Waals surface area (Å²) in [5.74, 6) is 1.12. The maximum absolute atomic E-state index is 11.7. The summed E-state index contributed by atoms with van der Waals surface area (Å²) < 4.78 is 0. The highest BCUT2D eigenvalue weighted by atomic mass is 16.1. The molecule has 3 nitrogen and oxygen atoms in total. The van der Waals surface area contributed by atoms with Crippen LogP contribution in [0.4, 0.5) is 0 Å². The summed E-state index contributed by atoms with van der Waals surface area (Å²) in [6.07, 6.45) is 11.1. The van der Waals surface area contributed by atoms with Crippen molar-refractivity contribution in [1.29, 1.82) is 0 Å². The van der Waals surface area contributed by atoms with Crippen molar-refractivity contribution in [3.05, 3.63) is 0 Å². The number of hydrogen-bond acceptors (Lipinski definition) is 2. The summed E-state index contributed by atoms with van der Waals surface area (Å²) in [4.78, 5) is 11.7. The molecule has 0 aromatic rings. The van der Waals surface area contributed by atoms with Crippen LogP contribution in [-0.4, -0.2) is 25.0 Å². The molecule has 1 aliphatic carbocycles. The first-order chi connectivity index (χ1) is 8.34. The molecule has 0 aromatic heterocycles. The molecule has 0 aromatic carbocycles. The second-order valence-electron chi connectivity index (χ2n) is 5.64. The molecule has 0 spiro atoms. The second-order valence-corrected chi connectivity index (χ2v) is 5.64. The molecule has 0 bridgehead atoms. The molecule has 2 rings (SSSR count). The minimum Gasteiger partial charge on any atom is -0.356 e. The lowest BCUT2D eigenvalue weighted by Crippen LogP contribution is -2.39. The van der Waals surface area contributed by atoms with E-state index in [-0.39, 0.29) is 5.91 Å². The third-order valence-electron chi connectivity index (χ3n) is 4.19. The molecule has 17 heavy (non-hydrogen) atoms. The number of carbonyl (C=O) groups excluding carboxylic acids is 1. The van der Waals surface area contributed by atoms with Crippen molar-refractivity contribution in [3.8, 4) is 0 Å². The van der Waals surface area contributed by atoms with Gasteiger partial charge < -0.3 is 10.6 Å². The first-order valence-electron chi connectivity index (χ1n) is 7.34. The number of hydrogen-bond donors (Lipinski definition) is 2. The van der Waals surface area contributed by atoms with Gasteiger partial charge in [-0.2, -0.15) is 0 Å². The topological polar surface area (TPSA) is 41.1 Å². The number of piperidine rings is 1. The van der Waals surface area contributed by atoms with Gasteiger partial charge in [0.15, 0.2) is 0 Å². The maximum Gasteiger partial charge on any atom is 0.221 e. The lowest BCUT2D eigenvalue weighted by molar-refractivity contribution is -0.121. The maximum atomic E-state index is 11.7. The number of nitrogens with one attached hydrogen (secondary N) is 2. The quantitative estimate of drug-likeness (QED) is 0.771. The molecule has 1 saturated heterocycles. The van der Waals surface area contributed by atoms with Crippen molar-refractivity contribution in [1.82, 2.24) is 10.6 Å². The molecule has 1 saturated carbocycles. The van der Waals surface area contributed by atoms with Gasteiger partial charge in [0.1, 0.15) is 0 Å². The van der Waals surface area contributed by atoms with Crippen LogP contribution in [0.5, 0.6) is 0 Å². The summed E-state index contributed by atoms with van der Waals surface area (Å²) in [6, 6.07) is 0.426. The highest BCUT2D eigenvalue weighted by Crippen LogP contribution is 2.26. The first kappa shape index (κ1) is 12.9. The number of rotatable bonds is 5. The molecule has 1 amide bonds. The smallest absolute Gasteiger partial charge is 0.221 e. The molecule has 1 heterocycles. The van der Waals surface area contributed by atoms with Crippen LogP contribution in [0.3, 0.4) is 0 Å². The van der Waals surface area contributed by atoms with Crippen LogP contribution in [0.1, 0.15) is 57.8 Å². The summed E-state index contributed by atoms with van der Waals surface area (Å²) in [6.45, 7) is 1.97. The van der Waals surface area contributed by atoms with Crippen molar-refractivity contribution in [2.75, 3.05) is 13.1 Å². The predicted octanol–water partition coefficient (Wildman–Crippen LogP) is 2.22. The predicted molar refractivity (Wildman–Crippen MR) is 69.8 cm³/mol. The minimum atomic E-state index is 0.238. The van der Waals surface area contributed by atoms with Crippen molar-refractivity contribution in [2.24, 2.45) is 5.92 Å². The SMILES string of the molecule is O=C(CC1CCCCN1)NCCC1CCCC1. The van der Waals surface area contributed by atoms with E-state index < -0.39 is 0 Å². The highest BCUT2D eigenvalue weighted by Gasteiger charge is 2.17. The van der Waals surface area contributed by atoms with E-state index in [1.807, 2.05) is 0 Å². The molecule has 2 fully saturated rings. The van der Waals surface area contributed by atoms with E-state index in [0.29, 0.717) is 12.5 Å². The van der Waals surface area contributed by atoms with Crippen molar-refractivity contribution >= 4 is 5.91 Å². The molecular weight excluding hydrogens is 212 g/mol. The van der Waals surface area contributed by atoms with Crippen LogP contribution in [0.15, 0.2) is 0 Å². The van der Waals surface area contributed by atoms with E-state index in [1.165, 1.54) is 44.9 Å². The Balaban J connectivity index is 1.53. The molecule has 1 atom stereocenters. The average molecular weight is 238 g/mol. The van der Waals surface area contributed by atoms with Crippen LogP contribution >= 0.6 is 0 Å². The van der Waals surface area contributed by atoms with Gasteiger partial charge in [-0.3, -0.25) is 4.79 Å². The van der Waals surface area contributed by atoms with E-state index >= 15 is 0 Å². The Hall–Kier alpha value is -0.570. The van der Waals surface area contributed by atoms with Gasteiger partial charge in [-0.25, -0.2) is 0 Å². The van der Waals surface area contributed by atoms with Gasteiger partial charge in [-0.05, 0) is 31.7 Å². The van der Waals surface area contributed by atoms with Gasteiger partial charge in [0.25, 0.3) is 0 Å². The van der Waals surface area contributed by atoms with Gasteiger partial charge >= 0.3 is 0 Å². The molecule has 1 aliphatic heterocycles. The summed E-state index contributed by atoms with van der Waals surface area (Å²) in [7, 11) is 0. The van der Waals surface area contributed by atoms with Crippen LogP contribution in [-0.2, 0) is 4.79 Å². The Kier molecular flexibility index (Phi) is 5.30. The largest absolute Gasteiger partial charge is 0.356 e. The highest BCUT2D eigenvalue weighted by molar-refractivity contribution is 5.76. The molecular formula is C14H26N2O. The number of amides is 1. The summed E-state index contributed by atoms with van der Waals surface area (Å²) in [5, 5.41) is 6.50. The Bertz CT molecular complexity index is 230. The van der Waals surface area contributed by atoms with Gasteiger partial charge in [0.05, 0.1) is 0 Å². The van der Waals surface area contributed by atoms with Crippen molar-refractivity contribution in [2.45, 2.75) is 63.8 Å². The standard InChI is InChI=1S/C14H26N2O/c17-14(11-13-7-3-4-9-15-13)16-10-8-12-5-1-2-6-12/h12-13,15H,1-11H2,(H,16,17). The van der Waals surface area contributed by atoms with E-state index in [9.17, 15) is 4.79 Å². The van der Waals surface area contributed by atoms with Crippen LogP contribution in [0, 0.1) is 5.92 Å². The molecule has 98 valence electrons. The lowest BCUT2D eigenvalue weighted by atomic mass is 10.0. The minimum absolute atomic E-state index is 0.238. The zero-order valence-corrected chi connectivity index (χ0v) is 10.8.